The standard InChI is InChI=1S/C8H8BrNO2S/c1-3-13(11,12)8-4-6(2)7(9)5-10-8/h3-5H,1H2,2H3. The molecule has 0 atom stereocenters. The monoisotopic (exact) mass is 261 g/mol. The molecule has 0 fully saturated rings. The Labute approximate surface area is 85.5 Å². The number of hydrogen-bond acceptors (Lipinski definition) is 3. The average Bonchev–Trinajstić information content (AvgIpc) is 2.09. The number of sulfone groups is 1. The third-order valence-electron chi connectivity index (χ3n) is 1.53. The summed E-state index contributed by atoms with van der Waals surface area (Å²) in [5, 5.41) is 0.922. The molecule has 0 amide bonds. The molecule has 1 aromatic rings. The predicted octanol–water partition coefficient (Wildman–Crippen LogP) is 2.07. The Balaban J connectivity index is 3.35. The van der Waals surface area contributed by atoms with Crippen LogP contribution in [0, 0.1) is 6.92 Å². The van der Waals surface area contributed by atoms with Gasteiger partial charge in [0, 0.05) is 16.1 Å². The molecule has 0 bridgehead atoms. The van der Waals surface area contributed by atoms with E-state index in [9.17, 15) is 8.42 Å². The predicted molar refractivity (Wildman–Crippen MR) is 54.1 cm³/mol. The van der Waals surface area contributed by atoms with Crippen LogP contribution in [-0.4, -0.2) is 13.4 Å². The van der Waals surface area contributed by atoms with Gasteiger partial charge in [0.05, 0.1) is 0 Å². The van der Waals surface area contributed by atoms with Gasteiger partial charge in [0.15, 0.2) is 5.03 Å². The summed E-state index contributed by atoms with van der Waals surface area (Å²) in [5.74, 6) is 0. The highest BCUT2D eigenvalue weighted by molar-refractivity contribution is 9.10. The average molecular weight is 262 g/mol. The molecule has 13 heavy (non-hydrogen) atoms. The van der Waals surface area contributed by atoms with E-state index in [4.69, 9.17) is 0 Å². The van der Waals surface area contributed by atoms with Crippen molar-refractivity contribution >= 4 is 25.8 Å². The smallest absolute Gasteiger partial charge is 0.216 e. The first-order valence-corrected chi connectivity index (χ1v) is 5.81. The Morgan fingerprint density at radius 3 is 2.69 bits per heavy atom. The van der Waals surface area contributed by atoms with Gasteiger partial charge in [0.1, 0.15) is 0 Å². The van der Waals surface area contributed by atoms with Gasteiger partial charge in [-0.25, -0.2) is 13.4 Å². The highest BCUT2D eigenvalue weighted by Gasteiger charge is 2.11. The third-order valence-corrected chi connectivity index (χ3v) is 3.61. The third kappa shape index (κ3) is 2.16. The first kappa shape index (κ1) is 10.4. The zero-order valence-electron chi connectivity index (χ0n) is 6.99. The maximum absolute atomic E-state index is 11.3. The molecule has 70 valence electrons. The van der Waals surface area contributed by atoms with E-state index in [0.29, 0.717) is 0 Å². The van der Waals surface area contributed by atoms with E-state index in [1.807, 2.05) is 0 Å². The van der Waals surface area contributed by atoms with E-state index in [0.717, 1.165) is 15.4 Å². The van der Waals surface area contributed by atoms with Crippen LogP contribution in [0.3, 0.4) is 0 Å². The Kier molecular flexibility index (Phi) is 2.87. The summed E-state index contributed by atoms with van der Waals surface area (Å²) in [7, 11) is -3.41. The van der Waals surface area contributed by atoms with E-state index < -0.39 is 9.84 Å². The van der Waals surface area contributed by atoms with Crippen LogP contribution >= 0.6 is 15.9 Å². The molecule has 3 nitrogen and oxygen atoms in total. The lowest BCUT2D eigenvalue weighted by Gasteiger charge is -2.00. The molecular weight excluding hydrogens is 254 g/mol. The second kappa shape index (κ2) is 3.59. The highest BCUT2D eigenvalue weighted by Crippen LogP contribution is 2.18. The topological polar surface area (TPSA) is 47.0 Å². The fraction of sp³-hybridized carbons (Fsp3) is 0.125. The quantitative estimate of drug-likeness (QED) is 0.819. The van der Waals surface area contributed by atoms with E-state index in [1.54, 1.807) is 6.92 Å². The lowest BCUT2D eigenvalue weighted by atomic mass is 10.3. The van der Waals surface area contributed by atoms with Gasteiger partial charge in [-0.1, -0.05) is 6.58 Å². The molecule has 0 saturated heterocycles. The van der Waals surface area contributed by atoms with Gasteiger partial charge in [-0.3, -0.25) is 0 Å². The number of hydrogen-bond donors (Lipinski definition) is 0. The first-order valence-electron chi connectivity index (χ1n) is 3.47. The van der Waals surface area contributed by atoms with Crippen molar-refractivity contribution < 1.29 is 8.42 Å². The van der Waals surface area contributed by atoms with Crippen molar-refractivity contribution in [2.45, 2.75) is 11.9 Å². The summed E-state index contributed by atoms with van der Waals surface area (Å²) in [5.41, 5.74) is 0.829. The number of aromatic nitrogens is 1. The van der Waals surface area contributed by atoms with Gasteiger partial charge in [-0.15, -0.1) is 0 Å². The summed E-state index contributed by atoms with van der Waals surface area (Å²) in [6, 6.07) is 1.50. The van der Waals surface area contributed by atoms with E-state index in [-0.39, 0.29) is 5.03 Å². The second-order valence-corrected chi connectivity index (χ2v) is 5.18. The largest absolute Gasteiger partial charge is 0.243 e. The van der Waals surface area contributed by atoms with Crippen LogP contribution in [0.2, 0.25) is 0 Å². The van der Waals surface area contributed by atoms with Crippen molar-refractivity contribution in [3.05, 3.63) is 34.3 Å². The van der Waals surface area contributed by atoms with Crippen molar-refractivity contribution in [3.63, 3.8) is 0 Å². The molecule has 0 aromatic carbocycles. The van der Waals surface area contributed by atoms with Crippen LogP contribution in [0.25, 0.3) is 0 Å². The maximum atomic E-state index is 11.3. The lowest BCUT2D eigenvalue weighted by Crippen LogP contribution is -1.99. The molecule has 0 aliphatic carbocycles. The molecule has 0 aliphatic rings. The van der Waals surface area contributed by atoms with Crippen molar-refractivity contribution in [3.8, 4) is 0 Å². The molecule has 1 aromatic heterocycles. The van der Waals surface area contributed by atoms with E-state index in [1.165, 1.54) is 12.3 Å². The number of pyridine rings is 1. The number of rotatable bonds is 2. The molecular formula is C8H8BrNO2S. The Morgan fingerprint density at radius 1 is 1.62 bits per heavy atom. The van der Waals surface area contributed by atoms with Gasteiger partial charge < -0.3 is 0 Å². The van der Waals surface area contributed by atoms with E-state index >= 15 is 0 Å². The molecule has 0 aliphatic heterocycles. The molecule has 1 rings (SSSR count). The number of nitrogens with zero attached hydrogens (tertiary/aromatic N) is 1. The summed E-state index contributed by atoms with van der Waals surface area (Å²) in [4.78, 5) is 3.78. The Hall–Kier alpha value is -0.680. The fourth-order valence-corrected chi connectivity index (χ4v) is 1.68. The van der Waals surface area contributed by atoms with E-state index in [2.05, 4.69) is 27.5 Å². The van der Waals surface area contributed by atoms with Crippen LogP contribution in [0.15, 0.2) is 33.7 Å². The summed E-state index contributed by atoms with van der Waals surface area (Å²) in [6.45, 7) is 5.02. The molecule has 0 saturated carbocycles. The van der Waals surface area contributed by atoms with Crippen LogP contribution < -0.4 is 0 Å². The van der Waals surface area contributed by atoms with Crippen LogP contribution in [0.5, 0.6) is 0 Å². The zero-order chi connectivity index (χ0) is 10.1. The summed E-state index contributed by atoms with van der Waals surface area (Å²) in [6.07, 6.45) is 1.46. The summed E-state index contributed by atoms with van der Waals surface area (Å²) < 4.78 is 23.3. The molecule has 1 heterocycles. The van der Waals surface area contributed by atoms with Crippen LogP contribution in [0.1, 0.15) is 5.56 Å². The van der Waals surface area contributed by atoms with Gasteiger partial charge >= 0.3 is 0 Å². The van der Waals surface area contributed by atoms with Crippen molar-refractivity contribution in [2.75, 3.05) is 0 Å². The fourth-order valence-electron chi connectivity index (χ4n) is 0.755. The first-order chi connectivity index (χ1) is 5.97. The minimum atomic E-state index is -3.41. The molecule has 5 heteroatoms. The Morgan fingerprint density at radius 2 is 2.23 bits per heavy atom. The van der Waals surface area contributed by atoms with Crippen molar-refractivity contribution in [2.24, 2.45) is 0 Å². The lowest BCUT2D eigenvalue weighted by molar-refractivity contribution is 0.601. The number of halogens is 1. The highest BCUT2D eigenvalue weighted by atomic mass is 79.9. The minimum Gasteiger partial charge on any atom is -0.243 e. The van der Waals surface area contributed by atoms with Gasteiger partial charge in [0.2, 0.25) is 9.84 Å². The molecule has 0 N–H and O–H groups in total. The molecule has 0 unspecified atom stereocenters. The second-order valence-electron chi connectivity index (χ2n) is 2.48. The van der Waals surface area contributed by atoms with Crippen molar-refractivity contribution in [1.82, 2.24) is 4.98 Å². The molecule has 0 radical (unpaired) electrons. The maximum Gasteiger partial charge on any atom is 0.216 e. The molecule has 0 spiro atoms. The number of aryl methyl sites for hydroxylation is 1. The van der Waals surface area contributed by atoms with Gasteiger partial charge in [-0.2, -0.15) is 0 Å². The normalized spacial score (nSPS) is 11.2. The summed E-state index contributed by atoms with van der Waals surface area (Å²) >= 11 is 3.23. The van der Waals surface area contributed by atoms with Gasteiger partial charge in [-0.05, 0) is 34.5 Å². The van der Waals surface area contributed by atoms with Crippen LogP contribution in [0.4, 0.5) is 0 Å². The SMILES string of the molecule is C=CS(=O)(=O)c1cc(C)c(Br)cn1. The minimum absolute atomic E-state index is 0.0307. The Bertz CT molecular complexity index is 439. The van der Waals surface area contributed by atoms with Gasteiger partial charge in [0.25, 0.3) is 0 Å². The van der Waals surface area contributed by atoms with Crippen molar-refractivity contribution in [1.29, 1.82) is 0 Å². The zero-order valence-corrected chi connectivity index (χ0v) is 9.39. The van der Waals surface area contributed by atoms with Crippen LogP contribution in [-0.2, 0) is 9.84 Å².